The van der Waals surface area contributed by atoms with Gasteiger partial charge >= 0.3 is 11.8 Å². The van der Waals surface area contributed by atoms with Crippen LogP contribution in [0.5, 0.6) is 0 Å². The Balaban J connectivity index is 1.53. The maximum absolute atomic E-state index is 12.4. The lowest BCUT2D eigenvalue weighted by Gasteiger charge is -2.33. The van der Waals surface area contributed by atoms with Crippen molar-refractivity contribution in [1.29, 1.82) is 0 Å². The van der Waals surface area contributed by atoms with Gasteiger partial charge in [-0.1, -0.05) is 36.4 Å². The zero-order valence-electron chi connectivity index (χ0n) is 19.5. The van der Waals surface area contributed by atoms with Crippen LogP contribution in [0.3, 0.4) is 0 Å². The number of carbonyl (C=O) groups excluding carboxylic acids is 2. The van der Waals surface area contributed by atoms with E-state index in [0.717, 1.165) is 23.8 Å². The van der Waals surface area contributed by atoms with Gasteiger partial charge in [-0.05, 0) is 49.1 Å². The standard InChI is InChI=1S/C24H32N4O4S/c1-17(28-13-12-19-8-5-6-9-21(19)16-28)15-25-23(29)24(30)26-18(2)20-10-7-11-22(14-20)33(31,32)27(3)4/h5-11,14,17-18H,12-13,15-16H2,1-4H3,(H,25,29)(H,26,30). The van der Waals surface area contributed by atoms with E-state index in [1.54, 1.807) is 19.1 Å². The van der Waals surface area contributed by atoms with Crippen LogP contribution in [0.4, 0.5) is 0 Å². The van der Waals surface area contributed by atoms with E-state index in [1.165, 1.54) is 37.4 Å². The molecule has 0 fully saturated rings. The third-order valence-electron chi connectivity index (χ3n) is 6.03. The maximum atomic E-state index is 12.4. The van der Waals surface area contributed by atoms with Crippen molar-refractivity contribution in [2.24, 2.45) is 0 Å². The second-order valence-electron chi connectivity index (χ2n) is 8.60. The summed E-state index contributed by atoms with van der Waals surface area (Å²) in [6.07, 6.45) is 0.967. The van der Waals surface area contributed by atoms with Gasteiger partial charge in [0.1, 0.15) is 0 Å². The Morgan fingerprint density at radius 1 is 1.03 bits per heavy atom. The molecule has 0 radical (unpaired) electrons. The Morgan fingerprint density at radius 3 is 2.42 bits per heavy atom. The first kappa shape index (κ1) is 24.9. The average Bonchev–Trinajstić information content (AvgIpc) is 2.81. The van der Waals surface area contributed by atoms with E-state index in [2.05, 4.69) is 33.7 Å². The summed E-state index contributed by atoms with van der Waals surface area (Å²) >= 11 is 0. The smallest absolute Gasteiger partial charge is 0.309 e. The molecule has 178 valence electrons. The summed E-state index contributed by atoms with van der Waals surface area (Å²) in [6, 6.07) is 14.3. The van der Waals surface area contributed by atoms with E-state index in [1.807, 2.05) is 13.0 Å². The number of rotatable bonds is 7. The van der Waals surface area contributed by atoms with Crippen LogP contribution in [0.2, 0.25) is 0 Å². The van der Waals surface area contributed by atoms with Gasteiger partial charge in [0.05, 0.1) is 10.9 Å². The lowest BCUT2D eigenvalue weighted by atomic mass is 9.99. The minimum absolute atomic E-state index is 0.0838. The molecule has 1 heterocycles. The predicted octanol–water partition coefficient (Wildman–Crippen LogP) is 1.68. The van der Waals surface area contributed by atoms with Crippen molar-refractivity contribution in [3.63, 3.8) is 0 Å². The Morgan fingerprint density at radius 2 is 1.73 bits per heavy atom. The van der Waals surface area contributed by atoms with Gasteiger partial charge in [0.15, 0.2) is 0 Å². The molecular weight excluding hydrogens is 440 g/mol. The van der Waals surface area contributed by atoms with Crippen molar-refractivity contribution in [1.82, 2.24) is 19.8 Å². The Kier molecular flexibility index (Phi) is 7.88. The van der Waals surface area contributed by atoms with E-state index in [9.17, 15) is 18.0 Å². The highest BCUT2D eigenvalue weighted by Gasteiger charge is 2.23. The molecule has 1 aliphatic heterocycles. The normalized spacial score (nSPS) is 16.0. The summed E-state index contributed by atoms with van der Waals surface area (Å²) < 4.78 is 25.8. The Labute approximate surface area is 196 Å². The van der Waals surface area contributed by atoms with E-state index in [0.29, 0.717) is 12.1 Å². The first-order valence-electron chi connectivity index (χ1n) is 11.0. The molecule has 8 nitrogen and oxygen atoms in total. The van der Waals surface area contributed by atoms with Crippen LogP contribution in [0.25, 0.3) is 0 Å². The number of benzene rings is 2. The summed E-state index contributed by atoms with van der Waals surface area (Å²) in [5.41, 5.74) is 3.26. The van der Waals surface area contributed by atoms with Crippen LogP contribution >= 0.6 is 0 Å². The van der Waals surface area contributed by atoms with Crippen LogP contribution in [-0.4, -0.2) is 62.7 Å². The molecule has 1 aliphatic rings. The zero-order valence-corrected chi connectivity index (χ0v) is 20.4. The lowest BCUT2D eigenvalue weighted by molar-refractivity contribution is -0.139. The van der Waals surface area contributed by atoms with Crippen LogP contribution in [-0.2, 0) is 32.6 Å². The molecule has 0 aliphatic carbocycles. The minimum Gasteiger partial charge on any atom is -0.346 e. The van der Waals surface area contributed by atoms with Gasteiger partial charge in [0.25, 0.3) is 0 Å². The molecule has 2 N–H and O–H groups in total. The molecule has 0 saturated heterocycles. The van der Waals surface area contributed by atoms with Gasteiger partial charge < -0.3 is 10.6 Å². The maximum Gasteiger partial charge on any atom is 0.309 e. The molecule has 33 heavy (non-hydrogen) atoms. The molecule has 0 bridgehead atoms. The SMILES string of the molecule is CC(NC(=O)C(=O)NCC(C)N1CCc2ccccc2C1)c1cccc(S(=O)(=O)N(C)C)c1. The van der Waals surface area contributed by atoms with E-state index < -0.39 is 27.9 Å². The number of nitrogens with zero attached hydrogens (tertiary/aromatic N) is 2. The molecule has 2 aromatic rings. The Bertz CT molecular complexity index is 1120. The molecular formula is C24H32N4O4S. The minimum atomic E-state index is -3.59. The van der Waals surface area contributed by atoms with Crippen LogP contribution < -0.4 is 10.6 Å². The highest BCUT2D eigenvalue weighted by Crippen LogP contribution is 2.21. The molecule has 0 saturated carbocycles. The molecule has 2 atom stereocenters. The van der Waals surface area contributed by atoms with Crippen molar-refractivity contribution < 1.29 is 18.0 Å². The van der Waals surface area contributed by atoms with Crippen LogP contribution in [0.15, 0.2) is 53.4 Å². The number of carbonyl (C=O) groups is 2. The topological polar surface area (TPSA) is 98.8 Å². The molecule has 0 aromatic heterocycles. The van der Waals surface area contributed by atoms with E-state index >= 15 is 0 Å². The number of sulfonamides is 1. The second-order valence-corrected chi connectivity index (χ2v) is 10.8. The van der Waals surface area contributed by atoms with Gasteiger partial charge in [-0.25, -0.2) is 12.7 Å². The summed E-state index contributed by atoms with van der Waals surface area (Å²) in [6.45, 7) is 5.83. The van der Waals surface area contributed by atoms with Gasteiger partial charge in [-0.2, -0.15) is 0 Å². The fourth-order valence-corrected chi connectivity index (χ4v) is 4.80. The lowest BCUT2D eigenvalue weighted by Crippen LogP contribution is -2.48. The number of hydrogen-bond acceptors (Lipinski definition) is 5. The van der Waals surface area contributed by atoms with Crippen molar-refractivity contribution in [3.05, 3.63) is 65.2 Å². The zero-order chi connectivity index (χ0) is 24.2. The van der Waals surface area contributed by atoms with Crippen LogP contribution in [0.1, 0.15) is 36.6 Å². The highest BCUT2D eigenvalue weighted by molar-refractivity contribution is 7.89. The summed E-state index contributed by atoms with van der Waals surface area (Å²) in [4.78, 5) is 27.2. The van der Waals surface area contributed by atoms with Crippen molar-refractivity contribution in [2.75, 3.05) is 27.2 Å². The first-order valence-corrected chi connectivity index (χ1v) is 12.5. The quantitative estimate of drug-likeness (QED) is 0.598. The largest absolute Gasteiger partial charge is 0.346 e. The molecule has 0 spiro atoms. The second kappa shape index (κ2) is 10.5. The van der Waals surface area contributed by atoms with Crippen molar-refractivity contribution >= 4 is 21.8 Å². The number of nitrogens with one attached hydrogen (secondary N) is 2. The summed E-state index contributed by atoms with van der Waals surface area (Å²) in [5.74, 6) is -1.46. The predicted molar refractivity (Wildman–Crippen MR) is 127 cm³/mol. The summed E-state index contributed by atoms with van der Waals surface area (Å²) in [5, 5.41) is 5.36. The number of amides is 2. The van der Waals surface area contributed by atoms with Gasteiger partial charge in [0, 0.05) is 39.8 Å². The molecule has 9 heteroatoms. The molecule has 2 unspecified atom stereocenters. The van der Waals surface area contributed by atoms with E-state index in [4.69, 9.17) is 0 Å². The fourth-order valence-electron chi connectivity index (χ4n) is 3.84. The van der Waals surface area contributed by atoms with Crippen LogP contribution in [0, 0.1) is 0 Å². The highest BCUT2D eigenvalue weighted by atomic mass is 32.2. The average molecular weight is 473 g/mol. The van der Waals surface area contributed by atoms with Gasteiger partial charge in [0.2, 0.25) is 10.0 Å². The van der Waals surface area contributed by atoms with Gasteiger partial charge in [-0.3, -0.25) is 14.5 Å². The number of fused-ring (bicyclic) bond motifs is 1. The van der Waals surface area contributed by atoms with Gasteiger partial charge in [-0.15, -0.1) is 0 Å². The van der Waals surface area contributed by atoms with E-state index in [-0.39, 0.29) is 10.9 Å². The molecule has 3 rings (SSSR count). The third kappa shape index (κ3) is 5.98. The third-order valence-corrected chi connectivity index (χ3v) is 7.84. The van der Waals surface area contributed by atoms with Crippen molar-refractivity contribution in [3.8, 4) is 0 Å². The fraction of sp³-hybridized carbons (Fsp3) is 0.417. The molecule has 2 aromatic carbocycles. The monoisotopic (exact) mass is 472 g/mol. The first-order chi connectivity index (χ1) is 15.6. The Hall–Kier alpha value is -2.75. The number of hydrogen-bond donors (Lipinski definition) is 2. The molecule has 2 amide bonds. The summed E-state index contributed by atoms with van der Waals surface area (Å²) in [7, 11) is -0.670. The van der Waals surface area contributed by atoms with Crippen molar-refractivity contribution in [2.45, 2.75) is 43.8 Å².